The van der Waals surface area contributed by atoms with Crippen molar-refractivity contribution in [2.24, 2.45) is 0 Å². The Hall–Kier alpha value is -2.17. The van der Waals surface area contributed by atoms with Crippen LogP contribution in [-0.2, 0) is 6.54 Å². The van der Waals surface area contributed by atoms with Gasteiger partial charge in [0.1, 0.15) is 0 Å². The molecule has 94 valence electrons. The standard InChI is InChI=1S/C13H15N3O2/c1-9(2)12-7-14-15-16(12)8-10-4-3-5-11(6-10)13(17)18/h3-7,9H,8H2,1-2H3,(H,17,18). The number of nitrogens with zero attached hydrogens (tertiary/aromatic N) is 3. The van der Waals surface area contributed by atoms with Crippen LogP contribution in [0.25, 0.3) is 0 Å². The fourth-order valence-electron chi connectivity index (χ4n) is 1.81. The predicted molar refractivity (Wildman–Crippen MR) is 66.6 cm³/mol. The van der Waals surface area contributed by atoms with Gasteiger partial charge in [-0.3, -0.25) is 0 Å². The molecule has 5 heteroatoms. The zero-order chi connectivity index (χ0) is 13.1. The molecule has 5 nitrogen and oxygen atoms in total. The van der Waals surface area contributed by atoms with Crippen molar-refractivity contribution in [1.82, 2.24) is 15.0 Å². The van der Waals surface area contributed by atoms with Crippen LogP contribution in [0.3, 0.4) is 0 Å². The maximum absolute atomic E-state index is 10.9. The van der Waals surface area contributed by atoms with E-state index in [1.165, 1.54) is 0 Å². The van der Waals surface area contributed by atoms with Gasteiger partial charge in [-0.25, -0.2) is 9.48 Å². The molecule has 2 rings (SSSR count). The van der Waals surface area contributed by atoms with Gasteiger partial charge < -0.3 is 5.11 Å². The Kier molecular flexibility index (Phi) is 3.41. The van der Waals surface area contributed by atoms with Gasteiger partial charge in [-0.15, -0.1) is 5.10 Å². The van der Waals surface area contributed by atoms with E-state index in [1.54, 1.807) is 29.1 Å². The van der Waals surface area contributed by atoms with E-state index in [9.17, 15) is 4.79 Å². The van der Waals surface area contributed by atoms with Crippen LogP contribution < -0.4 is 0 Å². The van der Waals surface area contributed by atoms with E-state index in [0.717, 1.165) is 11.3 Å². The first-order chi connectivity index (χ1) is 8.58. The Balaban J connectivity index is 2.26. The number of carbonyl (C=O) groups is 1. The Morgan fingerprint density at radius 2 is 2.22 bits per heavy atom. The van der Waals surface area contributed by atoms with E-state index < -0.39 is 5.97 Å². The van der Waals surface area contributed by atoms with Crippen LogP contribution in [0.15, 0.2) is 30.5 Å². The lowest BCUT2D eigenvalue weighted by molar-refractivity contribution is 0.0696. The highest BCUT2D eigenvalue weighted by Gasteiger charge is 2.09. The zero-order valence-electron chi connectivity index (χ0n) is 10.4. The molecule has 0 bridgehead atoms. The van der Waals surface area contributed by atoms with Gasteiger partial charge in [-0.05, 0) is 23.6 Å². The second-order valence-electron chi connectivity index (χ2n) is 4.48. The molecular formula is C13H15N3O2. The summed E-state index contributed by atoms with van der Waals surface area (Å²) in [4.78, 5) is 10.9. The average Bonchev–Trinajstić information content (AvgIpc) is 2.77. The number of aromatic carboxylic acids is 1. The summed E-state index contributed by atoms with van der Waals surface area (Å²) in [6.07, 6.45) is 1.74. The summed E-state index contributed by atoms with van der Waals surface area (Å²) >= 11 is 0. The summed E-state index contributed by atoms with van der Waals surface area (Å²) < 4.78 is 1.80. The lowest BCUT2D eigenvalue weighted by Gasteiger charge is -2.09. The smallest absolute Gasteiger partial charge is 0.335 e. The van der Waals surface area contributed by atoms with Crippen LogP contribution in [0.5, 0.6) is 0 Å². The molecule has 0 radical (unpaired) electrons. The third-order valence-electron chi connectivity index (χ3n) is 2.75. The van der Waals surface area contributed by atoms with Gasteiger partial charge >= 0.3 is 5.97 Å². The lowest BCUT2D eigenvalue weighted by Crippen LogP contribution is -2.08. The van der Waals surface area contributed by atoms with Gasteiger partial charge in [-0.2, -0.15) is 0 Å². The van der Waals surface area contributed by atoms with Gasteiger partial charge in [0.15, 0.2) is 0 Å². The van der Waals surface area contributed by atoms with Gasteiger partial charge in [0.25, 0.3) is 0 Å². The summed E-state index contributed by atoms with van der Waals surface area (Å²) in [6, 6.07) is 6.87. The average molecular weight is 245 g/mol. The Morgan fingerprint density at radius 3 is 2.89 bits per heavy atom. The Morgan fingerprint density at radius 1 is 1.44 bits per heavy atom. The van der Waals surface area contributed by atoms with Crippen molar-refractivity contribution in [3.05, 3.63) is 47.3 Å². The normalized spacial score (nSPS) is 10.8. The highest BCUT2D eigenvalue weighted by Crippen LogP contribution is 2.14. The van der Waals surface area contributed by atoms with Crippen LogP contribution in [0.4, 0.5) is 0 Å². The second-order valence-corrected chi connectivity index (χ2v) is 4.48. The molecule has 0 spiro atoms. The van der Waals surface area contributed by atoms with E-state index in [-0.39, 0.29) is 0 Å². The maximum atomic E-state index is 10.9. The van der Waals surface area contributed by atoms with Crippen LogP contribution in [-0.4, -0.2) is 26.1 Å². The van der Waals surface area contributed by atoms with Crippen molar-refractivity contribution in [2.45, 2.75) is 26.3 Å². The molecule has 1 aromatic heterocycles. The van der Waals surface area contributed by atoms with Crippen molar-refractivity contribution in [3.8, 4) is 0 Å². The first-order valence-corrected chi connectivity index (χ1v) is 5.78. The van der Waals surface area contributed by atoms with Crippen molar-refractivity contribution in [3.63, 3.8) is 0 Å². The summed E-state index contributed by atoms with van der Waals surface area (Å²) in [5.74, 6) is -0.581. The SMILES string of the molecule is CC(C)c1cnnn1Cc1cccc(C(=O)O)c1. The number of carboxylic acids is 1. The van der Waals surface area contributed by atoms with Crippen molar-refractivity contribution in [2.75, 3.05) is 0 Å². The summed E-state index contributed by atoms with van der Waals surface area (Å²) in [7, 11) is 0. The molecule has 1 N–H and O–H groups in total. The Labute approximate surface area is 105 Å². The summed E-state index contributed by atoms with van der Waals surface area (Å²) in [5, 5.41) is 16.9. The molecular weight excluding hydrogens is 230 g/mol. The fraction of sp³-hybridized carbons (Fsp3) is 0.308. The summed E-state index contributed by atoms with van der Waals surface area (Å²) in [6.45, 7) is 4.68. The van der Waals surface area contributed by atoms with Crippen LogP contribution in [0.2, 0.25) is 0 Å². The predicted octanol–water partition coefficient (Wildman–Crippen LogP) is 2.15. The fourth-order valence-corrected chi connectivity index (χ4v) is 1.81. The second kappa shape index (κ2) is 5.00. The van der Waals surface area contributed by atoms with E-state index in [0.29, 0.717) is 18.0 Å². The molecule has 0 aliphatic carbocycles. The van der Waals surface area contributed by atoms with Gasteiger partial charge in [0, 0.05) is 0 Å². The van der Waals surface area contributed by atoms with Crippen LogP contribution in [0.1, 0.15) is 41.4 Å². The number of hydrogen-bond acceptors (Lipinski definition) is 3. The highest BCUT2D eigenvalue weighted by molar-refractivity contribution is 5.87. The highest BCUT2D eigenvalue weighted by atomic mass is 16.4. The largest absolute Gasteiger partial charge is 0.478 e. The molecule has 0 aliphatic heterocycles. The number of carboxylic acid groups (broad SMARTS) is 1. The van der Waals surface area contributed by atoms with Gasteiger partial charge in [0.2, 0.25) is 0 Å². The van der Waals surface area contributed by atoms with E-state index in [1.807, 2.05) is 6.07 Å². The maximum Gasteiger partial charge on any atom is 0.335 e. The molecule has 0 atom stereocenters. The molecule has 0 fully saturated rings. The number of aromatic nitrogens is 3. The zero-order valence-corrected chi connectivity index (χ0v) is 10.4. The first kappa shape index (κ1) is 12.3. The number of rotatable bonds is 4. The van der Waals surface area contributed by atoms with E-state index in [4.69, 9.17) is 5.11 Å². The van der Waals surface area contributed by atoms with Crippen molar-refractivity contribution >= 4 is 5.97 Å². The third-order valence-corrected chi connectivity index (χ3v) is 2.75. The first-order valence-electron chi connectivity index (χ1n) is 5.78. The van der Waals surface area contributed by atoms with E-state index in [2.05, 4.69) is 24.2 Å². The molecule has 0 saturated carbocycles. The monoisotopic (exact) mass is 245 g/mol. The van der Waals surface area contributed by atoms with Crippen molar-refractivity contribution in [1.29, 1.82) is 0 Å². The molecule has 1 heterocycles. The molecule has 0 unspecified atom stereocenters. The molecule has 0 saturated heterocycles. The number of benzene rings is 1. The minimum atomic E-state index is -0.917. The lowest BCUT2D eigenvalue weighted by atomic mass is 10.1. The third kappa shape index (κ3) is 2.56. The van der Waals surface area contributed by atoms with Crippen LogP contribution in [0, 0.1) is 0 Å². The van der Waals surface area contributed by atoms with Gasteiger partial charge in [0.05, 0.1) is 24.0 Å². The Bertz CT molecular complexity index is 561. The molecule has 0 aliphatic rings. The quantitative estimate of drug-likeness (QED) is 0.896. The van der Waals surface area contributed by atoms with E-state index >= 15 is 0 Å². The topological polar surface area (TPSA) is 68.0 Å². The minimum absolute atomic E-state index is 0.290. The molecule has 1 aromatic carbocycles. The number of hydrogen-bond donors (Lipinski definition) is 1. The van der Waals surface area contributed by atoms with Gasteiger partial charge in [-0.1, -0.05) is 31.2 Å². The van der Waals surface area contributed by atoms with Crippen LogP contribution >= 0.6 is 0 Å². The summed E-state index contributed by atoms with van der Waals surface area (Å²) in [5.41, 5.74) is 2.23. The van der Waals surface area contributed by atoms with Crippen molar-refractivity contribution < 1.29 is 9.90 Å². The molecule has 18 heavy (non-hydrogen) atoms. The molecule has 0 amide bonds. The molecule has 2 aromatic rings. The minimum Gasteiger partial charge on any atom is -0.478 e.